The lowest BCUT2D eigenvalue weighted by atomic mass is 9.89. The van der Waals surface area contributed by atoms with Gasteiger partial charge >= 0.3 is 0 Å². The van der Waals surface area contributed by atoms with Crippen LogP contribution in [0.15, 0.2) is 40.9 Å². The third-order valence-electron chi connectivity index (χ3n) is 3.27. The highest BCUT2D eigenvalue weighted by Gasteiger charge is 2.51. The first-order valence-corrected chi connectivity index (χ1v) is 7.06. The van der Waals surface area contributed by atoms with E-state index >= 15 is 0 Å². The Balaban J connectivity index is 2.25. The van der Waals surface area contributed by atoms with Crippen LogP contribution in [-0.2, 0) is 5.60 Å². The van der Waals surface area contributed by atoms with Crippen LogP contribution in [0.25, 0.3) is 0 Å². The normalized spacial score (nSPS) is 19.8. The van der Waals surface area contributed by atoms with Crippen molar-refractivity contribution in [2.24, 2.45) is 0 Å². The van der Waals surface area contributed by atoms with Gasteiger partial charge in [0.15, 0.2) is 0 Å². The molecule has 104 valence electrons. The molecule has 0 saturated heterocycles. The zero-order valence-corrected chi connectivity index (χ0v) is 12.7. The van der Waals surface area contributed by atoms with E-state index in [4.69, 9.17) is 16.3 Å². The summed E-state index contributed by atoms with van der Waals surface area (Å²) < 4.78 is 19.3. The highest BCUT2D eigenvalue weighted by Crippen LogP contribution is 2.47. The number of benzene rings is 2. The third kappa shape index (κ3) is 1.87. The van der Waals surface area contributed by atoms with Crippen LogP contribution in [0.3, 0.4) is 0 Å². The minimum Gasteiger partial charge on any atom is -0.459 e. The molecule has 1 atom stereocenters. The number of nitriles is 1. The zero-order chi connectivity index (χ0) is 15.2. The third-order valence-corrected chi connectivity index (χ3v) is 4.66. The lowest BCUT2D eigenvalue weighted by molar-refractivity contribution is 0.0725. The summed E-state index contributed by atoms with van der Waals surface area (Å²) in [5.41, 5.74) is -1.35. The number of ketones is 1. The molecule has 0 amide bonds. The monoisotopic (exact) mass is 365 g/mol. The molecule has 0 radical (unpaired) electrons. The number of hydrogen-bond donors (Lipinski definition) is 0. The average Bonchev–Trinajstić information content (AvgIpc) is 2.79. The lowest BCUT2D eigenvalue weighted by Crippen LogP contribution is -2.35. The summed E-state index contributed by atoms with van der Waals surface area (Å²) in [4.78, 5) is 12.7. The van der Waals surface area contributed by atoms with Crippen LogP contribution in [-0.4, -0.2) is 5.78 Å². The van der Waals surface area contributed by atoms with E-state index in [2.05, 4.69) is 15.9 Å². The summed E-state index contributed by atoms with van der Waals surface area (Å²) >= 11 is 8.89. The summed E-state index contributed by atoms with van der Waals surface area (Å²) in [6, 6.07) is 11.3. The molecule has 3 rings (SSSR count). The first-order chi connectivity index (χ1) is 10.0. The predicted molar refractivity (Wildman–Crippen MR) is 77.8 cm³/mol. The van der Waals surface area contributed by atoms with Crippen molar-refractivity contribution in [3.63, 3.8) is 0 Å². The number of fused-ring (bicyclic) bond motifs is 1. The summed E-state index contributed by atoms with van der Waals surface area (Å²) in [7, 11) is 0. The van der Waals surface area contributed by atoms with Gasteiger partial charge in [0.1, 0.15) is 17.6 Å². The van der Waals surface area contributed by atoms with E-state index in [-0.39, 0.29) is 20.8 Å². The second kappa shape index (κ2) is 4.83. The predicted octanol–water partition coefficient (Wildman–Crippen LogP) is 4.24. The number of nitrogens with zero attached hydrogens (tertiary/aromatic N) is 1. The van der Waals surface area contributed by atoms with Crippen molar-refractivity contribution in [2.75, 3.05) is 0 Å². The van der Waals surface area contributed by atoms with Gasteiger partial charge in [0.25, 0.3) is 5.60 Å². The van der Waals surface area contributed by atoms with Crippen LogP contribution in [0.4, 0.5) is 4.39 Å². The van der Waals surface area contributed by atoms with E-state index in [0.717, 1.165) is 6.07 Å². The minimum absolute atomic E-state index is 0.000761. The zero-order valence-electron chi connectivity index (χ0n) is 10.4. The SMILES string of the molecule is N#CC1(c2ccccc2)Oc2cc(F)c(Cl)c(Br)c2C1=O. The molecule has 1 aliphatic heterocycles. The Morgan fingerprint density at radius 3 is 2.62 bits per heavy atom. The highest BCUT2D eigenvalue weighted by atomic mass is 79.9. The molecule has 2 aromatic rings. The van der Waals surface area contributed by atoms with Crippen molar-refractivity contribution in [3.8, 4) is 11.8 Å². The van der Waals surface area contributed by atoms with Crippen LogP contribution < -0.4 is 4.74 Å². The Morgan fingerprint density at radius 2 is 2.00 bits per heavy atom. The molecule has 3 nitrogen and oxygen atoms in total. The van der Waals surface area contributed by atoms with Gasteiger partial charge in [-0.25, -0.2) is 4.39 Å². The molecule has 0 saturated carbocycles. The van der Waals surface area contributed by atoms with Gasteiger partial charge in [-0.3, -0.25) is 4.79 Å². The van der Waals surface area contributed by atoms with Gasteiger partial charge in [0.05, 0.1) is 15.1 Å². The molecular formula is C15H6BrClFNO2. The van der Waals surface area contributed by atoms with Crippen molar-refractivity contribution < 1.29 is 13.9 Å². The second-order valence-electron chi connectivity index (χ2n) is 4.45. The first kappa shape index (κ1) is 14.1. The van der Waals surface area contributed by atoms with Crippen molar-refractivity contribution in [3.05, 3.63) is 62.8 Å². The largest absolute Gasteiger partial charge is 0.459 e. The Morgan fingerprint density at radius 1 is 1.33 bits per heavy atom. The molecule has 0 fully saturated rings. The van der Waals surface area contributed by atoms with E-state index in [0.29, 0.717) is 5.56 Å². The van der Waals surface area contributed by atoms with E-state index in [9.17, 15) is 14.4 Å². The number of Topliss-reactive ketones (excluding diaryl/α,β-unsaturated/α-hetero) is 1. The van der Waals surface area contributed by atoms with E-state index in [1.54, 1.807) is 30.3 Å². The second-order valence-corrected chi connectivity index (χ2v) is 5.62. The molecule has 0 N–H and O–H groups in total. The van der Waals surface area contributed by atoms with Crippen LogP contribution in [0.5, 0.6) is 5.75 Å². The molecule has 21 heavy (non-hydrogen) atoms. The first-order valence-electron chi connectivity index (χ1n) is 5.89. The Bertz CT molecular complexity index is 804. The van der Waals surface area contributed by atoms with Crippen LogP contribution >= 0.6 is 27.5 Å². The number of carbonyl (C=O) groups excluding carboxylic acids is 1. The molecule has 0 spiro atoms. The van der Waals surface area contributed by atoms with Crippen molar-refractivity contribution in [1.82, 2.24) is 0 Å². The number of halogens is 3. The highest BCUT2D eigenvalue weighted by molar-refractivity contribution is 9.10. The maximum atomic E-state index is 13.7. The summed E-state index contributed by atoms with van der Waals surface area (Å²) in [5, 5.41) is 9.29. The van der Waals surface area contributed by atoms with E-state index < -0.39 is 17.2 Å². The fourth-order valence-electron chi connectivity index (χ4n) is 2.25. The van der Waals surface area contributed by atoms with Gasteiger partial charge in [-0.2, -0.15) is 5.26 Å². The molecule has 1 heterocycles. The minimum atomic E-state index is -1.82. The number of hydrogen-bond acceptors (Lipinski definition) is 3. The van der Waals surface area contributed by atoms with Gasteiger partial charge in [-0.15, -0.1) is 0 Å². The van der Waals surface area contributed by atoms with Gasteiger partial charge in [0.2, 0.25) is 5.78 Å². The van der Waals surface area contributed by atoms with E-state index in [1.165, 1.54) is 0 Å². The molecule has 2 aromatic carbocycles. The van der Waals surface area contributed by atoms with Gasteiger partial charge in [-0.1, -0.05) is 41.9 Å². The smallest absolute Gasteiger partial charge is 0.282 e. The van der Waals surface area contributed by atoms with E-state index in [1.807, 2.05) is 6.07 Å². The van der Waals surface area contributed by atoms with Crippen LogP contribution in [0.1, 0.15) is 15.9 Å². The van der Waals surface area contributed by atoms with Crippen molar-refractivity contribution in [2.45, 2.75) is 5.60 Å². The van der Waals surface area contributed by atoms with Gasteiger partial charge in [-0.05, 0) is 15.9 Å². The number of carbonyl (C=O) groups is 1. The molecule has 0 bridgehead atoms. The van der Waals surface area contributed by atoms with Gasteiger partial charge in [0, 0.05) is 11.6 Å². The standard InChI is InChI=1S/C15H6BrClFNO2/c16-12-11-10(6-9(18)13(12)17)21-15(7-19,14(11)20)8-4-2-1-3-5-8/h1-6H. The lowest BCUT2D eigenvalue weighted by Gasteiger charge is -2.19. The maximum absolute atomic E-state index is 13.7. The van der Waals surface area contributed by atoms with Crippen LogP contribution in [0.2, 0.25) is 5.02 Å². The van der Waals surface area contributed by atoms with Crippen molar-refractivity contribution in [1.29, 1.82) is 5.26 Å². The molecule has 0 aliphatic carbocycles. The molecular weight excluding hydrogens is 361 g/mol. The van der Waals surface area contributed by atoms with Crippen molar-refractivity contribution >= 4 is 33.3 Å². The number of rotatable bonds is 1. The molecule has 6 heteroatoms. The summed E-state index contributed by atoms with van der Waals surface area (Å²) in [5.74, 6) is -1.30. The fraction of sp³-hybridized carbons (Fsp3) is 0.0667. The summed E-state index contributed by atoms with van der Waals surface area (Å²) in [6.45, 7) is 0. The molecule has 1 unspecified atom stereocenters. The van der Waals surface area contributed by atoms with Gasteiger partial charge < -0.3 is 4.74 Å². The average molecular weight is 367 g/mol. The quantitative estimate of drug-likeness (QED) is 0.710. The topological polar surface area (TPSA) is 50.1 Å². The maximum Gasteiger partial charge on any atom is 0.282 e. The number of ether oxygens (including phenoxy) is 1. The van der Waals surface area contributed by atoms with Crippen LogP contribution in [0, 0.1) is 17.1 Å². The Labute approximate surface area is 133 Å². The Hall–Kier alpha value is -1.90. The molecule has 1 aliphatic rings. The Kier molecular flexibility index (Phi) is 3.23. The molecule has 0 aromatic heterocycles. The fourth-order valence-corrected chi connectivity index (χ4v) is 2.97. The summed E-state index contributed by atoms with van der Waals surface area (Å²) in [6.07, 6.45) is 0.